The van der Waals surface area contributed by atoms with Crippen molar-refractivity contribution in [1.82, 2.24) is 0 Å². The zero-order valence-electron chi connectivity index (χ0n) is 12.8. The number of hydrogen-bond donors (Lipinski definition) is 0. The van der Waals surface area contributed by atoms with Gasteiger partial charge in [0.15, 0.2) is 11.5 Å². The molecule has 0 saturated heterocycles. The molecule has 2 saturated carbocycles. The molecule has 0 radical (unpaired) electrons. The highest BCUT2D eigenvalue weighted by molar-refractivity contribution is 6.03. The van der Waals surface area contributed by atoms with Crippen LogP contribution in [0.4, 0.5) is 4.39 Å². The van der Waals surface area contributed by atoms with Gasteiger partial charge in [-0.1, -0.05) is 20.3 Å². The second-order valence-electron chi connectivity index (χ2n) is 7.53. The summed E-state index contributed by atoms with van der Waals surface area (Å²) in [4.78, 5) is 24.3. The minimum Gasteiger partial charge on any atom is -0.299 e. The van der Waals surface area contributed by atoms with Crippen molar-refractivity contribution in [3.63, 3.8) is 0 Å². The second kappa shape index (κ2) is 5.95. The van der Waals surface area contributed by atoms with Crippen molar-refractivity contribution in [2.24, 2.45) is 11.3 Å². The monoisotopic (exact) mass is 282 g/mol. The molecular weight excluding hydrogens is 255 g/mol. The third-order valence-electron chi connectivity index (χ3n) is 5.28. The topological polar surface area (TPSA) is 34.1 Å². The molecule has 0 aromatic rings. The molecule has 0 unspecified atom stereocenters. The standard InChI is InChI=1S/C17H27FO2/c1-16(2)10-6-13(7-11-16)14(19)12-15(20)17(18)8-4-3-5-9-17/h13H,3-12H2,1-2H3. The number of Topliss-reactive ketones (excluding diaryl/α,β-unsaturated/α-hetero) is 2. The van der Waals surface area contributed by atoms with E-state index in [0.29, 0.717) is 18.3 Å². The van der Waals surface area contributed by atoms with E-state index in [1.807, 2.05) is 0 Å². The van der Waals surface area contributed by atoms with Gasteiger partial charge in [0.25, 0.3) is 0 Å². The van der Waals surface area contributed by atoms with Crippen LogP contribution in [-0.4, -0.2) is 17.2 Å². The van der Waals surface area contributed by atoms with Crippen LogP contribution in [0.1, 0.15) is 78.1 Å². The molecule has 2 aliphatic carbocycles. The van der Waals surface area contributed by atoms with E-state index >= 15 is 0 Å². The van der Waals surface area contributed by atoms with E-state index in [-0.39, 0.29) is 18.1 Å². The predicted octanol–water partition coefficient (Wildman–Crippen LogP) is 4.40. The van der Waals surface area contributed by atoms with Crippen LogP contribution >= 0.6 is 0 Å². The van der Waals surface area contributed by atoms with Gasteiger partial charge in [-0.3, -0.25) is 9.59 Å². The SMILES string of the molecule is CC1(C)CCC(C(=O)CC(=O)C2(F)CCCCC2)CC1. The van der Waals surface area contributed by atoms with E-state index in [2.05, 4.69) is 13.8 Å². The summed E-state index contributed by atoms with van der Waals surface area (Å²) in [5.74, 6) is -0.487. The maximum Gasteiger partial charge on any atom is 0.177 e. The van der Waals surface area contributed by atoms with Gasteiger partial charge in [-0.2, -0.15) is 0 Å². The van der Waals surface area contributed by atoms with Gasteiger partial charge >= 0.3 is 0 Å². The van der Waals surface area contributed by atoms with Crippen molar-refractivity contribution in [3.8, 4) is 0 Å². The molecule has 0 spiro atoms. The molecule has 2 rings (SSSR count). The molecule has 2 fully saturated rings. The summed E-state index contributed by atoms with van der Waals surface area (Å²) >= 11 is 0. The van der Waals surface area contributed by atoms with E-state index in [1.165, 1.54) is 0 Å². The smallest absolute Gasteiger partial charge is 0.177 e. The van der Waals surface area contributed by atoms with Crippen molar-refractivity contribution in [2.75, 3.05) is 0 Å². The lowest BCUT2D eigenvalue weighted by atomic mass is 9.71. The molecule has 114 valence electrons. The van der Waals surface area contributed by atoms with E-state index in [9.17, 15) is 14.0 Å². The van der Waals surface area contributed by atoms with Crippen molar-refractivity contribution in [3.05, 3.63) is 0 Å². The van der Waals surface area contributed by atoms with Gasteiger partial charge in [0.1, 0.15) is 5.78 Å². The Morgan fingerprint density at radius 1 is 1.00 bits per heavy atom. The van der Waals surface area contributed by atoms with Crippen molar-refractivity contribution in [2.45, 2.75) is 83.7 Å². The van der Waals surface area contributed by atoms with Crippen LogP contribution in [0.25, 0.3) is 0 Å². The fourth-order valence-corrected chi connectivity index (χ4v) is 3.57. The normalized spacial score (nSPS) is 26.1. The zero-order valence-corrected chi connectivity index (χ0v) is 12.8. The predicted molar refractivity (Wildman–Crippen MR) is 77.3 cm³/mol. The molecule has 0 heterocycles. The third kappa shape index (κ3) is 3.67. The fraction of sp³-hybridized carbons (Fsp3) is 0.882. The summed E-state index contributed by atoms with van der Waals surface area (Å²) in [6.45, 7) is 4.44. The van der Waals surface area contributed by atoms with Crippen molar-refractivity contribution in [1.29, 1.82) is 0 Å². The van der Waals surface area contributed by atoms with Crippen LogP contribution in [0.15, 0.2) is 0 Å². The Labute approximate surface area is 121 Å². The van der Waals surface area contributed by atoms with E-state index < -0.39 is 11.5 Å². The highest BCUT2D eigenvalue weighted by Crippen LogP contribution is 2.39. The third-order valence-corrected chi connectivity index (χ3v) is 5.28. The van der Waals surface area contributed by atoms with E-state index in [1.54, 1.807) is 0 Å². The van der Waals surface area contributed by atoms with Crippen LogP contribution in [0.5, 0.6) is 0 Å². The highest BCUT2D eigenvalue weighted by Gasteiger charge is 2.41. The summed E-state index contributed by atoms with van der Waals surface area (Å²) in [5.41, 5.74) is -1.40. The number of carbonyl (C=O) groups is 2. The Kier molecular flexibility index (Phi) is 4.66. The molecule has 0 aromatic carbocycles. The van der Waals surface area contributed by atoms with Gasteiger partial charge in [0, 0.05) is 5.92 Å². The Morgan fingerprint density at radius 2 is 1.55 bits per heavy atom. The summed E-state index contributed by atoms with van der Waals surface area (Å²) in [6, 6.07) is 0. The van der Waals surface area contributed by atoms with Gasteiger partial charge in [-0.15, -0.1) is 0 Å². The number of alkyl halides is 1. The van der Waals surface area contributed by atoms with Crippen molar-refractivity contribution < 1.29 is 14.0 Å². The Balaban J connectivity index is 1.86. The van der Waals surface area contributed by atoms with E-state index in [0.717, 1.165) is 44.9 Å². The van der Waals surface area contributed by atoms with Gasteiger partial charge in [0.2, 0.25) is 0 Å². The zero-order chi connectivity index (χ0) is 14.8. The molecule has 0 aliphatic heterocycles. The highest BCUT2D eigenvalue weighted by atomic mass is 19.1. The average Bonchev–Trinajstić information content (AvgIpc) is 2.39. The van der Waals surface area contributed by atoms with Gasteiger partial charge in [-0.05, 0) is 56.8 Å². The fourth-order valence-electron chi connectivity index (χ4n) is 3.57. The first-order valence-corrected chi connectivity index (χ1v) is 8.07. The van der Waals surface area contributed by atoms with Crippen LogP contribution in [0.2, 0.25) is 0 Å². The Morgan fingerprint density at radius 3 is 2.10 bits per heavy atom. The molecule has 0 aromatic heterocycles. The minimum atomic E-state index is -1.71. The first kappa shape index (κ1) is 15.7. The van der Waals surface area contributed by atoms with Gasteiger partial charge in [-0.25, -0.2) is 4.39 Å². The molecule has 20 heavy (non-hydrogen) atoms. The number of rotatable bonds is 4. The molecule has 0 N–H and O–H groups in total. The van der Waals surface area contributed by atoms with Crippen LogP contribution < -0.4 is 0 Å². The van der Waals surface area contributed by atoms with Gasteiger partial charge in [0.05, 0.1) is 6.42 Å². The number of carbonyl (C=O) groups excluding carboxylic acids is 2. The molecule has 2 nitrogen and oxygen atoms in total. The summed E-state index contributed by atoms with van der Waals surface area (Å²) in [7, 11) is 0. The average molecular weight is 282 g/mol. The lowest BCUT2D eigenvalue weighted by molar-refractivity contribution is -0.138. The van der Waals surface area contributed by atoms with Crippen LogP contribution in [0, 0.1) is 11.3 Å². The number of hydrogen-bond acceptors (Lipinski definition) is 2. The molecular formula is C17H27FO2. The van der Waals surface area contributed by atoms with Gasteiger partial charge < -0.3 is 0 Å². The Bertz CT molecular complexity index is 370. The minimum absolute atomic E-state index is 0.0147. The summed E-state index contributed by atoms with van der Waals surface area (Å²) in [5, 5.41) is 0. The van der Waals surface area contributed by atoms with Crippen LogP contribution in [-0.2, 0) is 9.59 Å². The maximum absolute atomic E-state index is 14.5. The molecule has 2 aliphatic rings. The molecule has 3 heteroatoms. The lowest BCUT2D eigenvalue weighted by Gasteiger charge is -2.34. The molecule has 0 atom stereocenters. The quantitative estimate of drug-likeness (QED) is 0.716. The summed E-state index contributed by atoms with van der Waals surface area (Å²) in [6.07, 6.45) is 6.77. The molecule has 0 bridgehead atoms. The summed E-state index contributed by atoms with van der Waals surface area (Å²) < 4.78 is 14.5. The maximum atomic E-state index is 14.5. The number of ketones is 2. The lowest BCUT2D eigenvalue weighted by Crippen LogP contribution is -2.38. The van der Waals surface area contributed by atoms with Crippen molar-refractivity contribution >= 4 is 11.6 Å². The Hall–Kier alpha value is -0.730. The van der Waals surface area contributed by atoms with E-state index in [4.69, 9.17) is 0 Å². The van der Waals surface area contributed by atoms with Crippen LogP contribution in [0.3, 0.4) is 0 Å². The number of halogens is 1. The first-order valence-electron chi connectivity index (χ1n) is 8.07. The first-order chi connectivity index (χ1) is 9.32. The molecule has 0 amide bonds. The second-order valence-corrected chi connectivity index (χ2v) is 7.53. The largest absolute Gasteiger partial charge is 0.299 e.